The van der Waals surface area contributed by atoms with E-state index in [0.717, 1.165) is 30.6 Å². The molecule has 3 aliphatic rings. The van der Waals surface area contributed by atoms with Gasteiger partial charge < -0.3 is 9.88 Å². The number of likely N-dealkylation sites (tertiary alicyclic amines) is 1. The highest BCUT2D eigenvalue weighted by molar-refractivity contribution is 5.92. The van der Waals surface area contributed by atoms with E-state index in [2.05, 4.69) is 9.97 Å². The van der Waals surface area contributed by atoms with E-state index in [1.807, 2.05) is 25.7 Å². The van der Waals surface area contributed by atoms with Gasteiger partial charge in [0.1, 0.15) is 5.69 Å². The molecule has 0 spiro atoms. The van der Waals surface area contributed by atoms with Crippen LogP contribution in [-0.2, 0) is 5.41 Å². The summed E-state index contributed by atoms with van der Waals surface area (Å²) in [5.74, 6) is 2.93. The molecule has 1 aliphatic heterocycles. The molecular weight excluding hydrogens is 290 g/mol. The molecule has 124 valence electrons. The van der Waals surface area contributed by atoms with Gasteiger partial charge in [0, 0.05) is 24.2 Å². The lowest BCUT2D eigenvalue weighted by Gasteiger charge is -2.22. The first-order valence-corrected chi connectivity index (χ1v) is 8.74. The number of carbonyl (C=O) groups is 1. The van der Waals surface area contributed by atoms with E-state index < -0.39 is 5.69 Å². The standard InChI is InChI=1S/C18H25N3O2/c1-18(2,3)15-7-14(19-17(23)20-15)16(22)21-8-12-10-4-5-11(6-10)13(12)9-21/h7,10-13H,4-6,8-9H2,1-3H3,(H,19,20,23)/t10-,11+,12-,13+. The van der Waals surface area contributed by atoms with Crippen LogP contribution >= 0.6 is 0 Å². The minimum atomic E-state index is -0.430. The monoisotopic (exact) mass is 315 g/mol. The van der Waals surface area contributed by atoms with Crippen LogP contribution in [0.15, 0.2) is 10.9 Å². The fraction of sp³-hybridized carbons (Fsp3) is 0.722. The third-order valence-corrected chi connectivity index (χ3v) is 6.20. The van der Waals surface area contributed by atoms with E-state index in [1.165, 1.54) is 19.3 Å². The molecule has 23 heavy (non-hydrogen) atoms. The number of aromatic amines is 1. The van der Waals surface area contributed by atoms with Gasteiger partial charge in [0.15, 0.2) is 0 Å². The van der Waals surface area contributed by atoms with Gasteiger partial charge in [0.2, 0.25) is 0 Å². The minimum Gasteiger partial charge on any atom is -0.337 e. The third-order valence-electron chi connectivity index (χ3n) is 6.20. The highest BCUT2D eigenvalue weighted by atomic mass is 16.2. The molecule has 0 unspecified atom stereocenters. The summed E-state index contributed by atoms with van der Waals surface area (Å²) in [4.78, 5) is 33.3. The maximum atomic E-state index is 12.9. The van der Waals surface area contributed by atoms with Crippen LogP contribution in [0, 0.1) is 23.7 Å². The molecule has 0 aromatic carbocycles. The van der Waals surface area contributed by atoms with Crippen molar-refractivity contribution in [3.05, 3.63) is 27.9 Å². The van der Waals surface area contributed by atoms with Crippen molar-refractivity contribution in [1.82, 2.24) is 14.9 Å². The van der Waals surface area contributed by atoms with Crippen LogP contribution in [-0.4, -0.2) is 33.9 Å². The van der Waals surface area contributed by atoms with Crippen LogP contribution in [0.2, 0.25) is 0 Å². The van der Waals surface area contributed by atoms with Gasteiger partial charge in [-0.05, 0) is 49.0 Å². The van der Waals surface area contributed by atoms with E-state index in [1.54, 1.807) is 6.07 Å². The molecule has 3 fully saturated rings. The van der Waals surface area contributed by atoms with E-state index in [0.29, 0.717) is 17.5 Å². The van der Waals surface area contributed by atoms with Gasteiger partial charge in [0.25, 0.3) is 5.91 Å². The van der Waals surface area contributed by atoms with Crippen LogP contribution in [0.25, 0.3) is 0 Å². The molecule has 5 nitrogen and oxygen atoms in total. The Kier molecular flexibility index (Phi) is 3.19. The summed E-state index contributed by atoms with van der Waals surface area (Å²) in [6, 6.07) is 1.76. The Bertz CT molecular complexity index is 685. The smallest absolute Gasteiger partial charge is 0.337 e. The molecule has 1 aromatic heterocycles. The topological polar surface area (TPSA) is 66.1 Å². The van der Waals surface area contributed by atoms with Crippen LogP contribution < -0.4 is 5.69 Å². The fourth-order valence-corrected chi connectivity index (χ4v) is 4.98. The maximum Gasteiger partial charge on any atom is 0.345 e. The normalized spacial score (nSPS) is 32.4. The van der Waals surface area contributed by atoms with Gasteiger partial charge >= 0.3 is 5.69 Å². The Hall–Kier alpha value is -1.65. The Morgan fingerprint density at radius 2 is 1.83 bits per heavy atom. The van der Waals surface area contributed by atoms with Crippen molar-refractivity contribution < 1.29 is 4.79 Å². The van der Waals surface area contributed by atoms with Crippen LogP contribution in [0.5, 0.6) is 0 Å². The van der Waals surface area contributed by atoms with Gasteiger partial charge in [-0.1, -0.05) is 20.8 Å². The highest BCUT2D eigenvalue weighted by Crippen LogP contribution is 2.55. The number of aromatic nitrogens is 2. The lowest BCUT2D eigenvalue weighted by Crippen LogP contribution is -2.33. The molecule has 1 aromatic rings. The second-order valence-electron chi connectivity index (χ2n) is 8.61. The molecule has 4 atom stereocenters. The molecular formula is C18H25N3O2. The summed E-state index contributed by atoms with van der Waals surface area (Å²) in [6.45, 7) is 7.76. The molecule has 2 aliphatic carbocycles. The van der Waals surface area contributed by atoms with Crippen molar-refractivity contribution in [2.45, 2.75) is 45.4 Å². The number of amides is 1. The van der Waals surface area contributed by atoms with E-state index in [4.69, 9.17) is 0 Å². The van der Waals surface area contributed by atoms with Gasteiger partial charge in [-0.25, -0.2) is 4.79 Å². The highest BCUT2D eigenvalue weighted by Gasteiger charge is 2.52. The minimum absolute atomic E-state index is 0.0737. The maximum absolute atomic E-state index is 12.9. The van der Waals surface area contributed by atoms with E-state index in [-0.39, 0.29) is 11.3 Å². The SMILES string of the molecule is CC(C)(C)c1cc(C(=O)N2C[C@@H]3[C@@H]4CC[C@@H](C4)[C@@H]3C2)nc(=O)[nH]1. The molecule has 0 radical (unpaired) electrons. The number of H-pyrrole nitrogens is 1. The van der Waals surface area contributed by atoms with Crippen molar-refractivity contribution in [2.24, 2.45) is 23.7 Å². The number of rotatable bonds is 1. The molecule has 1 amide bonds. The van der Waals surface area contributed by atoms with Crippen LogP contribution in [0.1, 0.15) is 56.2 Å². The van der Waals surface area contributed by atoms with E-state index >= 15 is 0 Å². The molecule has 1 N–H and O–H groups in total. The van der Waals surface area contributed by atoms with Gasteiger partial charge in [-0.15, -0.1) is 0 Å². The summed E-state index contributed by atoms with van der Waals surface area (Å²) in [7, 11) is 0. The largest absolute Gasteiger partial charge is 0.345 e. The molecule has 2 bridgehead atoms. The first-order chi connectivity index (χ1) is 10.8. The number of nitrogens with one attached hydrogen (secondary N) is 1. The van der Waals surface area contributed by atoms with Crippen LogP contribution in [0.4, 0.5) is 0 Å². The van der Waals surface area contributed by atoms with Crippen molar-refractivity contribution in [2.75, 3.05) is 13.1 Å². The zero-order valence-electron chi connectivity index (χ0n) is 14.1. The fourth-order valence-electron chi connectivity index (χ4n) is 4.98. The Morgan fingerprint density at radius 1 is 1.22 bits per heavy atom. The second-order valence-corrected chi connectivity index (χ2v) is 8.61. The zero-order chi connectivity index (χ0) is 16.4. The third kappa shape index (κ3) is 2.41. The molecule has 1 saturated heterocycles. The van der Waals surface area contributed by atoms with Crippen molar-refractivity contribution in [3.63, 3.8) is 0 Å². The first-order valence-electron chi connectivity index (χ1n) is 8.74. The molecule has 4 rings (SSSR count). The van der Waals surface area contributed by atoms with Gasteiger partial charge in [0.05, 0.1) is 0 Å². The number of nitrogens with zero attached hydrogens (tertiary/aromatic N) is 2. The average Bonchev–Trinajstić information content (AvgIpc) is 3.17. The summed E-state index contributed by atoms with van der Waals surface area (Å²) < 4.78 is 0. The van der Waals surface area contributed by atoms with Crippen molar-refractivity contribution >= 4 is 5.91 Å². The van der Waals surface area contributed by atoms with Gasteiger partial charge in [-0.2, -0.15) is 4.98 Å². The number of hydrogen-bond acceptors (Lipinski definition) is 3. The summed E-state index contributed by atoms with van der Waals surface area (Å²) >= 11 is 0. The van der Waals surface area contributed by atoms with Crippen LogP contribution in [0.3, 0.4) is 0 Å². The zero-order valence-corrected chi connectivity index (χ0v) is 14.1. The summed E-state index contributed by atoms with van der Waals surface area (Å²) in [6.07, 6.45) is 4.05. The number of fused-ring (bicyclic) bond motifs is 5. The average molecular weight is 315 g/mol. The quantitative estimate of drug-likeness (QED) is 0.864. The molecule has 2 saturated carbocycles. The molecule has 2 heterocycles. The van der Waals surface area contributed by atoms with Crippen molar-refractivity contribution in [3.8, 4) is 0 Å². The second kappa shape index (κ2) is 4.92. The van der Waals surface area contributed by atoms with Gasteiger partial charge in [-0.3, -0.25) is 4.79 Å². The predicted octanol–water partition coefficient (Wildman–Crippen LogP) is 2.19. The Balaban J connectivity index is 1.59. The first kappa shape index (κ1) is 14.9. The Labute approximate surface area is 136 Å². The predicted molar refractivity (Wildman–Crippen MR) is 87.3 cm³/mol. The molecule has 5 heteroatoms. The van der Waals surface area contributed by atoms with E-state index in [9.17, 15) is 9.59 Å². The lowest BCUT2D eigenvalue weighted by molar-refractivity contribution is 0.0769. The summed E-state index contributed by atoms with van der Waals surface area (Å²) in [5.41, 5.74) is 0.420. The summed E-state index contributed by atoms with van der Waals surface area (Å²) in [5, 5.41) is 0. The van der Waals surface area contributed by atoms with Crippen molar-refractivity contribution in [1.29, 1.82) is 0 Å². The lowest BCUT2D eigenvalue weighted by atomic mass is 9.82. The number of carbonyl (C=O) groups excluding carboxylic acids is 1. The number of hydrogen-bond donors (Lipinski definition) is 1. The Morgan fingerprint density at radius 3 is 2.39 bits per heavy atom.